The number of fused-ring (bicyclic) bond motifs is 1. The molecule has 0 saturated carbocycles. The summed E-state index contributed by atoms with van der Waals surface area (Å²) in [6, 6.07) is 5.02. The summed E-state index contributed by atoms with van der Waals surface area (Å²) in [5, 5.41) is 0.586. The third-order valence-corrected chi connectivity index (χ3v) is 2.18. The lowest BCUT2D eigenvalue weighted by Gasteiger charge is -2.20. The van der Waals surface area contributed by atoms with E-state index in [9.17, 15) is 4.39 Å². The molecule has 1 aliphatic rings. The van der Waals surface area contributed by atoms with Crippen LogP contribution in [0.1, 0.15) is 18.2 Å². The summed E-state index contributed by atoms with van der Waals surface area (Å²) in [5.41, 5.74) is 0.616. The number of rotatable bonds is 0. The molecule has 0 radical (unpaired) electrons. The molecule has 0 spiro atoms. The van der Waals surface area contributed by atoms with Crippen molar-refractivity contribution in [1.29, 1.82) is 0 Å². The van der Waals surface area contributed by atoms with Crippen molar-refractivity contribution in [2.24, 2.45) is 0 Å². The van der Waals surface area contributed by atoms with E-state index >= 15 is 0 Å². The summed E-state index contributed by atoms with van der Waals surface area (Å²) in [4.78, 5) is 0. The standard InChI is InChI=1S/C9H8ClFO/c10-6-1-2-7-8(11)3-4-12-9(7)5-6/h1-2,5,8H,3-4H2. The van der Waals surface area contributed by atoms with Crippen LogP contribution >= 0.6 is 11.6 Å². The summed E-state index contributed by atoms with van der Waals surface area (Å²) in [6.07, 6.45) is -0.458. The van der Waals surface area contributed by atoms with E-state index in [0.717, 1.165) is 0 Å². The van der Waals surface area contributed by atoms with Crippen molar-refractivity contribution in [3.05, 3.63) is 28.8 Å². The lowest BCUT2D eigenvalue weighted by Crippen LogP contribution is -2.10. The Morgan fingerprint density at radius 2 is 2.33 bits per heavy atom. The molecule has 1 atom stereocenters. The summed E-state index contributed by atoms with van der Waals surface area (Å²) in [5.74, 6) is 0.584. The molecule has 1 aromatic carbocycles. The molecule has 0 amide bonds. The Hall–Kier alpha value is -0.760. The van der Waals surface area contributed by atoms with Gasteiger partial charge in [-0.15, -0.1) is 0 Å². The monoisotopic (exact) mass is 186 g/mol. The largest absolute Gasteiger partial charge is 0.493 e. The van der Waals surface area contributed by atoms with Gasteiger partial charge in [-0.1, -0.05) is 17.7 Å². The van der Waals surface area contributed by atoms with Crippen molar-refractivity contribution in [1.82, 2.24) is 0 Å². The molecule has 3 heteroatoms. The minimum absolute atomic E-state index is 0.439. The molecule has 0 fully saturated rings. The molecule has 64 valence electrons. The maximum Gasteiger partial charge on any atom is 0.132 e. The Labute approximate surface area is 75.1 Å². The molecule has 1 aromatic rings. The molecule has 1 aliphatic heterocycles. The van der Waals surface area contributed by atoms with Crippen LogP contribution in [0.3, 0.4) is 0 Å². The van der Waals surface area contributed by atoms with Crippen molar-refractivity contribution in [2.75, 3.05) is 6.61 Å². The Morgan fingerprint density at radius 3 is 3.17 bits per heavy atom. The number of hydrogen-bond acceptors (Lipinski definition) is 1. The first-order valence-corrected chi connectivity index (χ1v) is 4.21. The fourth-order valence-corrected chi connectivity index (χ4v) is 1.48. The fraction of sp³-hybridized carbons (Fsp3) is 0.333. The fourth-order valence-electron chi connectivity index (χ4n) is 1.32. The predicted octanol–water partition coefficient (Wildman–Crippen LogP) is 3.13. The van der Waals surface area contributed by atoms with E-state index in [-0.39, 0.29) is 0 Å². The lowest BCUT2D eigenvalue weighted by molar-refractivity contribution is 0.200. The van der Waals surface area contributed by atoms with Crippen LogP contribution in [0.25, 0.3) is 0 Å². The topological polar surface area (TPSA) is 9.23 Å². The highest BCUT2D eigenvalue weighted by Gasteiger charge is 2.20. The van der Waals surface area contributed by atoms with Crippen LogP contribution in [-0.2, 0) is 0 Å². The van der Waals surface area contributed by atoms with Crippen molar-refractivity contribution in [2.45, 2.75) is 12.6 Å². The van der Waals surface area contributed by atoms with Gasteiger partial charge in [0.15, 0.2) is 0 Å². The van der Waals surface area contributed by atoms with E-state index in [1.807, 2.05) is 0 Å². The van der Waals surface area contributed by atoms with E-state index in [1.165, 1.54) is 0 Å². The van der Waals surface area contributed by atoms with Crippen molar-refractivity contribution >= 4 is 11.6 Å². The summed E-state index contributed by atoms with van der Waals surface area (Å²) >= 11 is 5.72. The Balaban J connectivity index is 2.46. The minimum Gasteiger partial charge on any atom is -0.493 e. The highest BCUT2D eigenvalue weighted by molar-refractivity contribution is 6.30. The maximum absolute atomic E-state index is 13.2. The third kappa shape index (κ3) is 1.27. The molecular formula is C9H8ClFO. The summed E-state index contributed by atoms with van der Waals surface area (Å²) < 4.78 is 18.4. The second kappa shape index (κ2) is 2.94. The Kier molecular flexibility index (Phi) is 1.93. The van der Waals surface area contributed by atoms with Crippen LogP contribution in [0.5, 0.6) is 5.75 Å². The Morgan fingerprint density at radius 1 is 1.50 bits per heavy atom. The molecule has 1 unspecified atom stereocenters. The van der Waals surface area contributed by atoms with Crippen molar-refractivity contribution < 1.29 is 9.13 Å². The van der Waals surface area contributed by atoms with Gasteiger partial charge in [0, 0.05) is 17.0 Å². The predicted molar refractivity (Wildman–Crippen MR) is 45.4 cm³/mol. The lowest BCUT2D eigenvalue weighted by atomic mass is 10.1. The molecule has 1 nitrogen and oxygen atoms in total. The van der Waals surface area contributed by atoms with E-state index < -0.39 is 6.17 Å². The van der Waals surface area contributed by atoms with Crippen LogP contribution in [0.4, 0.5) is 4.39 Å². The zero-order valence-electron chi connectivity index (χ0n) is 6.39. The van der Waals surface area contributed by atoms with Gasteiger partial charge in [0.1, 0.15) is 11.9 Å². The minimum atomic E-state index is -0.897. The van der Waals surface area contributed by atoms with Gasteiger partial charge in [-0.05, 0) is 12.1 Å². The highest BCUT2D eigenvalue weighted by Crippen LogP contribution is 2.35. The molecule has 0 aliphatic carbocycles. The maximum atomic E-state index is 13.2. The smallest absolute Gasteiger partial charge is 0.132 e. The van der Waals surface area contributed by atoms with Gasteiger partial charge in [-0.2, -0.15) is 0 Å². The van der Waals surface area contributed by atoms with Gasteiger partial charge in [-0.3, -0.25) is 0 Å². The van der Waals surface area contributed by atoms with Crippen LogP contribution in [0.2, 0.25) is 5.02 Å². The third-order valence-electron chi connectivity index (χ3n) is 1.94. The SMILES string of the molecule is FC1CCOc2cc(Cl)ccc21. The zero-order valence-corrected chi connectivity index (χ0v) is 7.14. The first kappa shape index (κ1) is 7.87. The molecule has 0 aromatic heterocycles. The van der Waals surface area contributed by atoms with Gasteiger partial charge < -0.3 is 4.74 Å². The van der Waals surface area contributed by atoms with E-state index in [0.29, 0.717) is 29.4 Å². The van der Waals surface area contributed by atoms with Crippen LogP contribution in [0, 0.1) is 0 Å². The molecule has 1 heterocycles. The number of alkyl halides is 1. The van der Waals surface area contributed by atoms with Gasteiger partial charge in [-0.25, -0.2) is 4.39 Å². The normalized spacial score (nSPS) is 21.3. The first-order valence-electron chi connectivity index (χ1n) is 3.83. The molecule has 12 heavy (non-hydrogen) atoms. The summed E-state index contributed by atoms with van der Waals surface area (Å²) in [7, 11) is 0. The molecule has 0 bridgehead atoms. The van der Waals surface area contributed by atoms with Crippen molar-refractivity contribution in [3.63, 3.8) is 0 Å². The number of ether oxygens (including phenoxy) is 1. The van der Waals surface area contributed by atoms with Crippen LogP contribution in [0.15, 0.2) is 18.2 Å². The average Bonchev–Trinajstić information content (AvgIpc) is 2.04. The first-order chi connectivity index (χ1) is 5.77. The second-order valence-corrected chi connectivity index (χ2v) is 3.22. The Bertz CT molecular complexity index is 301. The van der Waals surface area contributed by atoms with Gasteiger partial charge in [0.05, 0.1) is 6.61 Å². The molecule has 0 saturated heterocycles. The van der Waals surface area contributed by atoms with E-state index in [4.69, 9.17) is 16.3 Å². The van der Waals surface area contributed by atoms with E-state index in [2.05, 4.69) is 0 Å². The number of hydrogen-bond donors (Lipinski definition) is 0. The van der Waals surface area contributed by atoms with Crippen LogP contribution < -0.4 is 4.74 Å². The molecular weight excluding hydrogens is 179 g/mol. The van der Waals surface area contributed by atoms with Crippen LogP contribution in [-0.4, -0.2) is 6.61 Å². The molecule has 2 rings (SSSR count). The van der Waals surface area contributed by atoms with Gasteiger partial charge in [0.2, 0.25) is 0 Å². The van der Waals surface area contributed by atoms with Gasteiger partial charge >= 0.3 is 0 Å². The van der Waals surface area contributed by atoms with Crippen molar-refractivity contribution in [3.8, 4) is 5.75 Å². The quantitative estimate of drug-likeness (QED) is 0.605. The highest BCUT2D eigenvalue weighted by atomic mass is 35.5. The zero-order chi connectivity index (χ0) is 8.55. The summed E-state index contributed by atoms with van der Waals surface area (Å²) in [6.45, 7) is 0.439. The number of benzene rings is 1. The van der Waals surface area contributed by atoms with E-state index in [1.54, 1.807) is 18.2 Å². The second-order valence-electron chi connectivity index (χ2n) is 2.79. The number of halogens is 2. The molecule has 0 N–H and O–H groups in total. The van der Waals surface area contributed by atoms with Gasteiger partial charge in [0.25, 0.3) is 0 Å². The average molecular weight is 187 g/mol.